The number of benzene rings is 1. The van der Waals surface area contributed by atoms with E-state index in [-0.39, 0.29) is 16.4 Å². The minimum Gasteiger partial charge on any atom is -0.378 e. The second kappa shape index (κ2) is 7.46. The van der Waals surface area contributed by atoms with Gasteiger partial charge in [-0.2, -0.15) is 13.2 Å². The lowest BCUT2D eigenvalue weighted by Crippen LogP contribution is -2.36. The van der Waals surface area contributed by atoms with Crippen LogP contribution in [-0.4, -0.2) is 42.2 Å². The highest BCUT2D eigenvalue weighted by molar-refractivity contribution is 6.33. The molecule has 0 unspecified atom stereocenters. The number of ether oxygens (including phenoxy) is 1. The highest BCUT2D eigenvalue weighted by atomic mass is 35.5. The van der Waals surface area contributed by atoms with Crippen LogP contribution in [0.2, 0.25) is 5.02 Å². The summed E-state index contributed by atoms with van der Waals surface area (Å²) in [5.41, 5.74) is -1.09. The molecule has 2 aromatic rings. The Hall–Kier alpha value is -2.39. The molecule has 1 aromatic heterocycles. The fourth-order valence-corrected chi connectivity index (χ4v) is 2.54. The van der Waals surface area contributed by atoms with Crippen molar-refractivity contribution in [2.75, 3.05) is 36.5 Å². The van der Waals surface area contributed by atoms with Gasteiger partial charge in [0.05, 0.1) is 41.9 Å². The van der Waals surface area contributed by atoms with Gasteiger partial charge in [0.1, 0.15) is 11.5 Å². The number of rotatable bonds is 3. The molecule has 6 nitrogen and oxygen atoms in total. The van der Waals surface area contributed by atoms with Gasteiger partial charge in [0.25, 0.3) is 5.91 Å². The second-order valence-electron chi connectivity index (χ2n) is 5.51. The first kappa shape index (κ1) is 18.4. The van der Waals surface area contributed by atoms with Crippen LogP contribution in [0, 0.1) is 0 Å². The van der Waals surface area contributed by atoms with Gasteiger partial charge in [-0.1, -0.05) is 11.6 Å². The molecule has 0 bridgehead atoms. The van der Waals surface area contributed by atoms with Crippen LogP contribution in [0.15, 0.2) is 30.6 Å². The largest absolute Gasteiger partial charge is 0.416 e. The van der Waals surface area contributed by atoms with E-state index in [1.807, 2.05) is 4.90 Å². The monoisotopic (exact) mass is 386 g/mol. The van der Waals surface area contributed by atoms with E-state index in [2.05, 4.69) is 15.3 Å². The van der Waals surface area contributed by atoms with Gasteiger partial charge in [0.2, 0.25) is 0 Å². The lowest BCUT2D eigenvalue weighted by atomic mass is 10.2. The van der Waals surface area contributed by atoms with Gasteiger partial charge in [-0.3, -0.25) is 4.79 Å². The number of hydrogen-bond acceptors (Lipinski definition) is 5. The van der Waals surface area contributed by atoms with Crippen molar-refractivity contribution in [3.8, 4) is 0 Å². The topological polar surface area (TPSA) is 67.4 Å². The number of aromatic nitrogens is 2. The number of carbonyl (C=O) groups is 1. The van der Waals surface area contributed by atoms with Crippen molar-refractivity contribution in [3.05, 3.63) is 46.9 Å². The van der Waals surface area contributed by atoms with Crippen molar-refractivity contribution < 1.29 is 22.7 Å². The zero-order chi connectivity index (χ0) is 18.7. The van der Waals surface area contributed by atoms with Crippen LogP contribution in [0.4, 0.5) is 24.7 Å². The van der Waals surface area contributed by atoms with Gasteiger partial charge in [-0.25, -0.2) is 9.97 Å². The van der Waals surface area contributed by atoms with Gasteiger partial charge in [-0.05, 0) is 18.2 Å². The number of anilines is 2. The van der Waals surface area contributed by atoms with Crippen molar-refractivity contribution in [2.45, 2.75) is 6.18 Å². The summed E-state index contributed by atoms with van der Waals surface area (Å²) in [7, 11) is 0. The molecular formula is C16H14ClF3N4O2. The first-order valence-corrected chi connectivity index (χ1v) is 8.05. The summed E-state index contributed by atoms with van der Waals surface area (Å²) in [6.07, 6.45) is -1.83. The van der Waals surface area contributed by atoms with Crippen molar-refractivity contribution in [1.29, 1.82) is 0 Å². The van der Waals surface area contributed by atoms with Crippen LogP contribution >= 0.6 is 11.6 Å². The van der Waals surface area contributed by atoms with Gasteiger partial charge in [-0.15, -0.1) is 0 Å². The highest BCUT2D eigenvalue weighted by Crippen LogP contribution is 2.33. The quantitative estimate of drug-likeness (QED) is 0.877. The molecule has 0 aliphatic carbocycles. The Labute approximate surface area is 151 Å². The fourth-order valence-electron chi connectivity index (χ4n) is 2.38. The molecule has 2 heterocycles. The Morgan fingerprint density at radius 3 is 2.54 bits per heavy atom. The number of carbonyl (C=O) groups excluding carboxylic acids is 1. The minimum atomic E-state index is -4.54. The van der Waals surface area contributed by atoms with Gasteiger partial charge < -0.3 is 15.0 Å². The lowest BCUT2D eigenvalue weighted by molar-refractivity contribution is -0.137. The summed E-state index contributed by atoms with van der Waals surface area (Å²) >= 11 is 5.87. The van der Waals surface area contributed by atoms with Crippen LogP contribution in [-0.2, 0) is 10.9 Å². The zero-order valence-electron chi connectivity index (χ0n) is 13.4. The maximum atomic E-state index is 12.8. The van der Waals surface area contributed by atoms with Gasteiger partial charge in [0.15, 0.2) is 0 Å². The number of nitrogens with zero attached hydrogens (tertiary/aromatic N) is 3. The molecule has 1 aliphatic rings. The highest BCUT2D eigenvalue weighted by Gasteiger charge is 2.31. The van der Waals surface area contributed by atoms with Crippen LogP contribution in [0.3, 0.4) is 0 Å². The van der Waals surface area contributed by atoms with Crippen molar-refractivity contribution in [2.24, 2.45) is 0 Å². The SMILES string of the molecule is O=C(Nc1cc(C(F)(F)F)ccc1Cl)c1cnc(N2CCOCC2)cn1. The Bertz CT molecular complexity index is 793. The fraction of sp³-hybridized carbons (Fsp3) is 0.312. The molecule has 3 rings (SSSR count). The zero-order valence-corrected chi connectivity index (χ0v) is 14.1. The number of alkyl halides is 3. The lowest BCUT2D eigenvalue weighted by Gasteiger charge is -2.27. The smallest absolute Gasteiger partial charge is 0.378 e. The third-order valence-corrected chi connectivity index (χ3v) is 4.08. The van der Waals surface area contributed by atoms with Crippen molar-refractivity contribution >= 4 is 29.0 Å². The number of morpholine rings is 1. The molecule has 10 heteroatoms. The second-order valence-corrected chi connectivity index (χ2v) is 5.91. The van der Waals surface area contributed by atoms with E-state index in [4.69, 9.17) is 16.3 Å². The van der Waals surface area contributed by atoms with E-state index in [1.54, 1.807) is 0 Å². The molecule has 0 atom stereocenters. The van der Waals surface area contributed by atoms with Crippen LogP contribution in [0.1, 0.15) is 16.1 Å². The molecule has 138 valence electrons. The number of halogens is 4. The standard InChI is InChI=1S/C16H14ClF3N4O2/c17-11-2-1-10(16(18,19)20)7-12(11)23-15(25)13-8-22-14(9-21-13)24-3-5-26-6-4-24/h1-2,7-9H,3-6H2,(H,23,25). The predicted molar refractivity (Wildman–Crippen MR) is 89.5 cm³/mol. The molecule has 1 saturated heterocycles. The van der Waals surface area contributed by atoms with Crippen molar-refractivity contribution in [1.82, 2.24) is 9.97 Å². The molecule has 1 N–H and O–H groups in total. The normalized spacial score (nSPS) is 15.0. The summed E-state index contributed by atoms with van der Waals surface area (Å²) in [6.45, 7) is 2.50. The Morgan fingerprint density at radius 1 is 1.19 bits per heavy atom. The van der Waals surface area contributed by atoms with E-state index in [0.29, 0.717) is 32.1 Å². The van der Waals surface area contributed by atoms with Gasteiger partial charge >= 0.3 is 6.18 Å². The van der Waals surface area contributed by atoms with E-state index in [1.165, 1.54) is 12.4 Å². The molecule has 0 radical (unpaired) electrons. The molecular weight excluding hydrogens is 373 g/mol. The average molecular weight is 387 g/mol. The Kier molecular flexibility index (Phi) is 5.28. The average Bonchev–Trinajstić information content (AvgIpc) is 2.63. The van der Waals surface area contributed by atoms with E-state index in [9.17, 15) is 18.0 Å². The Balaban J connectivity index is 1.74. The molecule has 0 spiro atoms. The summed E-state index contributed by atoms with van der Waals surface area (Å²) < 4.78 is 43.6. The summed E-state index contributed by atoms with van der Waals surface area (Å²) in [6, 6.07) is 2.69. The predicted octanol–water partition coefficient (Wildman–Crippen LogP) is 3.24. The summed E-state index contributed by atoms with van der Waals surface area (Å²) in [5, 5.41) is 2.32. The van der Waals surface area contributed by atoms with Gasteiger partial charge in [0, 0.05) is 13.1 Å². The molecule has 1 aromatic carbocycles. The summed E-state index contributed by atoms with van der Waals surface area (Å²) in [4.78, 5) is 22.4. The first-order chi connectivity index (χ1) is 12.3. The number of hydrogen-bond donors (Lipinski definition) is 1. The van der Waals surface area contributed by atoms with Crippen LogP contribution < -0.4 is 10.2 Å². The molecule has 0 saturated carbocycles. The Morgan fingerprint density at radius 2 is 1.92 bits per heavy atom. The molecule has 1 fully saturated rings. The molecule has 26 heavy (non-hydrogen) atoms. The molecule has 1 amide bonds. The third-order valence-electron chi connectivity index (χ3n) is 3.75. The van der Waals surface area contributed by atoms with E-state index >= 15 is 0 Å². The number of amides is 1. The maximum Gasteiger partial charge on any atom is 0.416 e. The first-order valence-electron chi connectivity index (χ1n) is 7.67. The molecule has 1 aliphatic heterocycles. The summed E-state index contributed by atoms with van der Waals surface area (Å²) in [5.74, 6) is -0.103. The number of nitrogens with one attached hydrogen (secondary N) is 1. The minimum absolute atomic E-state index is 0.00996. The third kappa shape index (κ3) is 4.23. The van der Waals surface area contributed by atoms with Crippen LogP contribution in [0.25, 0.3) is 0 Å². The maximum absolute atomic E-state index is 12.8. The van der Waals surface area contributed by atoms with Crippen LogP contribution in [0.5, 0.6) is 0 Å². The van der Waals surface area contributed by atoms with E-state index in [0.717, 1.165) is 18.2 Å². The van der Waals surface area contributed by atoms with E-state index < -0.39 is 17.6 Å². The van der Waals surface area contributed by atoms with Crippen molar-refractivity contribution in [3.63, 3.8) is 0 Å².